The summed E-state index contributed by atoms with van der Waals surface area (Å²) in [5.41, 5.74) is 0. The number of hydrogen-bond acceptors (Lipinski definition) is 3. The first-order chi connectivity index (χ1) is 11.4. The Morgan fingerprint density at radius 1 is 0.696 bits per heavy atom. The molecule has 0 bridgehead atoms. The monoisotopic (exact) mass is 315 g/mol. The van der Waals surface area contributed by atoms with Crippen molar-refractivity contribution < 1.29 is 0 Å². The summed E-state index contributed by atoms with van der Waals surface area (Å²) in [7, 11) is 0. The lowest BCUT2D eigenvalue weighted by Crippen LogP contribution is -2.79. The standard InChI is InChI=1S/C20H33N3/c1-2-12-22-17(8-1)16-7-4-11-21-13-15-6-3-5-14-9-10-18(22)23(19(14)15)20(16)21/h14-20H,1-13H2/t14-,15+,16-,17-,18-,19-,20-/m0/s1. The van der Waals surface area contributed by atoms with Crippen LogP contribution in [0.1, 0.15) is 64.2 Å². The van der Waals surface area contributed by atoms with Crippen LogP contribution in [0.2, 0.25) is 0 Å². The Morgan fingerprint density at radius 3 is 2.65 bits per heavy atom. The first kappa shape index (κ1) is 14.1. The Hall–Kier alpha value is -0.120. The molecule has 7 atom stereocenters. The first-order valence-corrected chi connectivity index (χ1v) is 10.7. The van der Waals surface area contributed by atoms with E-state index in [1.54, 1.807) is 0 Å². The van der Waals surface area contributed by atoms with Gasteiger partial charge in [-0.3, -0.25) is 14.7 Å². The second kappa shape index (κ2) is 5.19. The van der Waals surface area contributed by atoms with E-state index < -0.39 is 0 Å². The average Bonchev–Trinajstić information content (AvgIpc) is 2.62. The molecule has 0 N–H and O–H groups in total. The Kier molecular flexibility index (Phi) is 3.18. The lowest BCUT2D eigenvalue weighted by molar-refractivity contribution is -0.250. The van der Waals surface area contributed by atoms with Crippen molar-refractivity contribution >= 4 is 0 Å². The lowest BCUT2D eigenvalue weighted by Gasteiger charge is -2.70. The molecule has 0 unspecified atom stereocenters. The number of piperidine rings is 3. The molecule has 0 aromatic rings. The van der Waals surface area contributed by atoms with E-state index in [1.165, 1.54) is 83.8 Å². The molecule has 1 saturated carbocycles. The molecule has 6 aliphatic rings. The van der Waals surface area contributed by atoms with Crippen molar-refractivity contribution in [3.63, 3.8) is 0 Å². The average molecular weight is 316 g/mol. The molecule has 0 aromatic carbocycles. The van der Waals surface area contributed by atoms with Gasteiger partial charge in [0.05, 0.1) is 12.3 Å². The zero-order valence-electron chi connectivity index (χ0n) is 14.6. The van der Waals surface area contributed by atoms with E-state index in [1.807, 2.05) is 0 Å². The minimum absolute atomic E-state index is 0.810. The highest BCUT2D eigenvalue weighted by atomic mass is 15.5. The van der Waals surface area contributed by atoms with Crippen molar-refractivity contribution in [3.05, 3.63) is 0 Å². The molecular weight excluding hydrogens is 282 g/mol. The van der Waals surface area contributed by atoms with Crippen LogP contribution in [-0.2, 0) is 0 Å². The van der Waals surface area contributed by atoms with Crippen LogP contribution >= 0.6 is 0 Å². The molecule has 0 amide bonds. The highest BCUT2D eigenvalue weighted by Crippen LogP contribution is 2.53. The molecular formula is C20H33N3. The van der Waals surface area contributed by atoms with Crippen molar-refractivity contribution in [1.29, 1.82) is 0 Å². The second-order valence-corrected chi connectivity index (χ2v) is 9.46. The van der Waals surface area contributed by atoms with Crippen LogP contribution in [-0.4, -0.2) is 58.7 Å². The number of fused-ring (bicyclic) bond motifs is 3. The quantitative estimate of drug-likeness (QED) is 0.680. The van der Waals surface area contributed by atoms with Crippen molar-refractivity contribution in [1.82, 2.24) is 14.7 Å². The van der Waals surface area contributed by atoms with Gasteiger partial charge in [-0.05, 0) is 76.3 Å². The molecule has 1 aliphatic carbocycles. The summed E-state index contributed by atoms with van der Waals surface area (Å²) in [6.07, 6.45) is 16.6. The zero-order chi connectivity index (χ0) is 15.0. The molecule has 0 radical (unpaired) electrons. The fourth-order valence-electron chi connectivity index (χ4n) is 7.96. The van der Waals surface area contributed by atoms with E-state index in [9.17, 15) is 0 Å². The van der Waals surface area contributed by atoms with E-state index in [0.717, 1.165) is 42.2 Å². The molecule has 5 saturated heterocycles. The van der Waals surface area contributed by atoms with E-state index in [2.05, 4.69) is 14.7 Å². The highest BCUT2D eigenvalue weighted by Gasteiger charge is 2.59. The van der Waals surface area contributed by atoms with Gasteiger partial charge in [0.1, 0.15) is 0 Å². The molecule has 6 rings (SSSR count). The summed E-state index contributed by atoms with van der Waals surface area (Å²) in [5.74, 6) is 2.99. The van der Waals surface area contributed by atoms with Gasteiger partial charge < -0.3 is 0 Å². The van der Waals surface area contributed by atoms with Crippen molar-refractivity contribution in [2.45, 2.75) is 88.6 Å². The highest BCUT2D eigenvalue weighted by molar-refractivity contribution is 5.10. The molecule has 0 aromatic heterocycles. The van der Waals surface area contributed by atoms with Crippen LogP contribution in [0.4, 0.5) is 0 Å². The van der Waals surface area contributed by atoms with Gasteiger partial charge in [0.25, 0.3) is 0 Å². The Balaban J connectivity index is 1.44. The van der Waals surface area contributed by atoms with Gasteiger partial charge in [0.15, 0.2) is 0 Å². The minimum atomic E-state index is 0.810. The van der Waals surface area contributed by atoms with Gasteiger partial charge in [-0.2, -0.15) is 0 Å². The van der Waals surface area contributed by atoms with Crippen molar-refractivity contribution in [2.75, 3.05) is 19.6 Å². The maximum absolute atomic E-state index is 3.13. The van der Waals surface area contributed by atoms with Gasteiger partial charge >= 0.3 is 0 Å². The number of nitrogens with zero attached hydrogens (tertiary/aromatic N) is 3. The number of rotatable bonds is 0. The van der Waals surface area contributed by atoms with Gasteiger partial charge in [-0.15, -0.1) is 0 Å². The fraction of sp³-hybridized carbons (Fsp3) is 1.00. The molecule has 0 spiro atoms. The third-order valence-corrected chi connectivity index (χ3v) is 8.58. The van der Waals surface area contributed by atoms with Crippen LogP contribution in [0.15, 0.2) is 0 Å². The maximum atomic E-state index is 3.13. The Bertz CT molecular complexity index is 480. The smallest absolute Gasteiger partial charge is 0.0682 e. The van der Waals surface area contributed by atoms with Crippen LogP contribution < -0.4 is 0 Å². The summed E-state index contributed by atoms with van der Waals surface area (Å²) in [6, 6.07) is 1.88. The summed E-state index contributed by atoms with van der Waals surface area (Å²) in [5, 5.41) is 0. The normalized spacial score (nSPS) is 53.5. The molecule has 5 heterocycles. The second-order valence-electron chi connectivity index (χ2n) is 9.46. The lowest BCUT2D eigenvalue weighted by atomic mass is 9.66. The van der Waals surface area contributed by atoms with Crippen LogP contribution in [0.25, 0.3) is 0 Å². The maximum Gasteiger partial charge on any atom is 0.0682 e. The Labute approximate surface area is 141 Å². The van der Waals surface area contributed by atoms with Crippen LogP contribution in [0, 0.1) is 17.8 Å². The summed E-state index contributed by atoms with van der Waals surface area (Å²) in [4.78, 5) is 9.11. The largest absolute Gasteiger partial charge is 0.287 e. The predicted molar refractivity (Wildman–Crippen MR) is 91.9 cm³/mol. The zero-order valence-corrected chi connectivity index (χ0v) is 14.6. The molecule has 3 nitrogen and oxygen atoms in total. The third-order valence-electron chi connectivity index (χ3n) is 8.58. The number of hydrogen-bond donors (Lipinski definition) is 0. The fourth-order valence-corrected chi connectivity index (χ4v) is 7.96. The SMILES string of the molecule is C1C[C@H]2CC[C@H]3N4CCCC[C@H]4[C@@H]4CCCN5C[C@@H](C1)[C@H]2N3[C@@H]45. The summed E-state index contributed by atoms with van der Waals surface area (Å²) in [6.45, 7) is 4.24. The Morgan fingerprint density at radius 2 is 1.65 bits per heavy atom. The van der Waals surface area contributed by atoms with E-state index in [0.29, 0.717) is 0 Å². The molecule has 128 valence electrons. The predicted octanol–water partition coefficient (Wildman–Crippen LogP) is 3.11. The van der Waals surface area contributed by atoms with Crippen molar-refractivity contribution in [2.24, 2.45) is 17.8 Å². The molecule has 6 fully saturated rings. The third kappa shape index (κ3) is 1.88. The van der Waals surface area contributed by atoms with Gasteiger partial charge in [0.2, 0.25) is 0 Å². The van der Waals surface area contributed by atoms with Gasteiger partial charge in [-0.1, -0.05) is 12.8 Å². The molecule has 3 heteroatoms. The molecule has 5 aliphatic heterocycles. The summed E-state index contributed by atoms with van der Waals surface area (Å²) < 4.78 is 0. The van der Waals surface area contributed by atoms with Gasteiger partial charge in [-0.25, -0.2) is 0 Å². The van der Waals surface area contributed by atoms with Gasteiger partial charge in [0, 0.05) is 24.5 Å². The van der Waals surface area contributed by atoms with Crippen LogP contribution in [0.3, 0.4) is 0 Å². The van der Waals surface area contributed by atoms with E-state index in [-0.39, 0.29) is 0 Å². The van der Waals surface area contributed by atoms with E-state index in [4.69, 9.17) is 0 Å². The van der Waals surface area contributed by atoms with Crippen molar-refractivity contribution in [3.8, 4) is 0 Å². The molecule has 23 heavy (non-hydrogen) atoms. The summed E-state index contributed by atoms with van der Waals surface area (Å²) >= 11 is 0. The van der Waals surface area contributed by atoms with Crippen LogP contribution in [0.5, 0.6) is 0 Å². The first-order valence-electron chi connectivity index (χ1n) is 10.7. The van der Waals surface area contributed by atoms with E-state index >= 15 is 0 Å². The minimum Gasteiger partial charge on any atom is -0.287 e. The topological polar surface area (TPSA) is 9.72 Å².